The summed E-state index contributed by atoms with van der Waals surface area (Å²) in [5.41, 5.74) is 0.825. The molecule has 2 saturated heterocycles. The van der Waals surface area contributed by atoms with Gasteiger partial charge in [0.05, 0.1) is 37.7 Å². The van der Waals surface area contributed by atoms with Gasteiger partial charge in [-0.05, 0) is 37.1 Å². The molecule has 7 nitrogen and oxygen atoms in total. The van der Waals surface area contributed by atoms with Crippen molar-refractivity contribution >= 4 is 22.7 Å². The molecule has 2 aliphatic heterocycles. The van der Waals surface area contributed by atoms with Gasteiger partial charge in [-0.15, -0.1) is 0 Å². The molecular formula is C23H25NO6S. The van der Waals surface area contributed by atoms with E-state index < -0.39 is 27.7 Å². The summed E-state index contributed by atoms with van der Waals surface area (Å²) < 4.78 is 28.4. The average Bonchev–Trinajstić information content (AvgIpc) is 3.35. The van der Waals surface area contributed by atoms with Gasteiger partial charge in [0.2, 0.25) is 5.91 Å². The van der Waals surface area contributed by atoms with Crippen molar-refractivity contribution in [3.63, 3.8) is 0 Å². The Morgan fingerprint density at radius 2 is 1.87 bits per heavy atom. The van der Waals surface area contributed by atoms with Gasteiger partial charge in [0.25, 0.3) is 0 Å². The van der Waals surface area contributed by atoms with Crippen molar-refractivity contribution in [1.82, 2.24) is 4.90 Å². The van der Waals surface area contributed by atoms with Gasteiger partial charge in [0.1, 0.15) is 10.5 Å². The molecule has 0 saturated carbocycles. The molecule has 31 heavy (non-hydrogen) atoms. The van der Waals surface area contributed by atoms with E-state index in [0.717, 1.165) is 5.56 Å². The summed E-state index contributed by atoms with van der Waals surface area (Å²) >= 11 is 0. The van der Waals surface area contributed by atoms with E-state index in [1.165, 1.54) is 7.11 Å². The molecule has 0 radical (unpaired) electrons. The molecule has 0 bridgehead atoms. The van der Waals surface area contributed by atoms with Gasteiger partial charge in [0, 0.05) is 16.9 Å². The van der Waals surface area contributed by atoms with E-state index in [4.69, 9.17) is 14.2 Å². The van der Waals surface area contributed by atoms with Gasteiger partial charge in [0.15, 0.2) is 6.23 Å². The van der Waals surface area contributed by atoms with Crippen molar-refractivity contribution in [3.8, 4) is 5.75 Å². The number of hydrogen-bond donors (Lipinski definition) is 0. The molecule has 0 spiro atoms. The SMILES string of the molecule is COC(=O)CC[C@@]1(S(=O)c2ccccc2)C[C@H]2CO[C@H](c3ccc(OC)cc3)N2C1=O. The van der Waals surface area contributed by atoms with E-state index in [1.807, 2.05) is 30.3 Å². The fraction of sp³-hybridized carbons (Fsp3) is 0.391. The lowest BCUT2D eigenvalue weighted by Crippen LogP contribution is -2.45. The highest BCUT2D eigenvalue weighted by Crippen LogP contribution is 2.47. The molecule has 0 N–H and O–H groups in total. The molecule has 4 atom stereocenters. The first-order chi connectivity index (χ1) is 15.0. The number of ether oxygens (including phenoxy) is 3. The van der Waals surface area contributed by atoms with Crippen LogP contribution in [-0.4, -0.2) is 52.6 Å². The number of nitrogens with zero attached hydrogens (tertiary/aromatic N) is 1. The maximum atomic E-state index is 13.8. The molecule has 1 unspecified atom stereocenters. The molecule has 2 aromatic carbocycles. The molecule has 2 heterocycles. The summed E-state index contributed by atoms with van der Waals surface area (Å²) in [7, 11) is 1.28. The Balaban J connectivity index is 1.67. The second-order valence-corrected chi connectivity index (χ2v) is 9.47. The van der Waals surface area contributed by atoms with Crippen LogP contribution in [0, 0.1) is 0 Å². The largest absolute Gasteiger partial charge is 0.497 e. The number of methoxy groups -OCH3 is 2. The zero-order valence-electron chi connectivity index (χ0n) is 17.5. The minimum absolute atomic E-state index is 0.0232. The Bertz CT molecular complexity index is 979. The zero-order valence-corrected chi connectivity index (χ0v) is 18.3. The predicted octanol–water partition coefficient (Wildman–Crippen LogP) is 2.82. The van der Waals surface area contributed by atoms with Crippen LogP contribution in [0.3, 0.4) is 0 Å². The smallest absolute Gasteiger partial charge is 0.305 e. The third-order valence-corrected chi connectivity index (χ3v) is 7.91. The van der Waals surface area contributed by atoms with Crippen LogP contribution < -0.4 is 4.74 Å². The average molecular weight is 444 g/mol. The summed E-state index contributed by atoms with van der Waals surface area (Å²) in [6.07, 6.45) is -0.0226. The third-order valence-electron chi connectivity index (χ3n) is 5.96. The maximum Gasteiger partial charge on any atom is 0.305 e. The van der Waals surface area contributed by atoms with Gasteiger partial charge in [-0.1, -0.05) is 30.3 Å². The topological polar surface area (TPSA) is 82.1 Å². The van der Waals surface area contributed by atoms with Crippen LogP contribution in [0.15, 0.2) is 59.5 Å². The van der Waals surface area contributed by atoms with Crippen molar-refractivity contribution in [3.05, 3.63) is 60.2 Å². The van der Waals surface area contributed by atoms with Crippen LogP contribution in [0.4, 0.5) is 0 Å². The molecule has 2 fully saturated rings. The summed E-state index contributed by atoms with van der Waals surface area (Å²) in [4.78, 5) is 28.0. The summed E-state index contributed by atoms with van der Waals surface area (Å²) in [5, 5.41) is 0. The fourth-order valence-electron chi connectivity index (χ4n) is 4.34. The van der Waals surface area contributed by atoms with E-state index >= 15 is 0 Å². The minimum atomic E-state index is -1.63. The first-order valence-corrected chi connectivity index (χ1v) is 11.3. The molecule has 0 aromatic heterocycles. The van der Waals surface area contributed by atoms with Crippen molar-refractivity contribution in [2.24, 2.45) is 0 Å². The van der Waals surface area contributed by atoms with Gasteiger partial charge in [-0.2, -0.15) is 0 Å². The highest BCUT2D eigenvalue weighted by Gasteiger charge is 2.60. The lowest BCUT2D eigenvalue weighted by Gasteiger charge is -2.29. The Morgan fingerprint density at radius 3 is 2.52 bits per heavy atom. The number of esters is 1. The summed E-state index contributed by atoms with van der Waals surface area (Å²) in [6, 6.07) is 16.1. The van der Waals surface area contributed by atoms with E-state index in [2.05, 4.69) is 0 Å². The molecule has 4 rings (SSSR count). The monoisotopic (exact) mass is 443 g/mol. The van der Waals surface area contributed by atoms with Crippen LogP contribution in [0.1, 0.15) is 31.1 Å². The Kier molecular flexibility index (Phi) is 6.11. The predicted molar refractivity (Wildman–Crippen MR) is 114 cm³/mol. The highest BCUT2D eigenvalue weighted by atomic mass is 32.2. The Morgan fingerprint density at radius 1 is 1.16 bits per heavy atom. The number of benzene rings is 2. The first-order valence-electron chi connectivity index (χ1n) is 10.1. The second kappa shape index (κ2) is 8.80. The molecule has 2 aromatic rings. The number of amides is 1. The van der Waals surface area contributed by atoms with Crippen molar-refractivity contribution in [1.29, 1.82) is 0 Å². The number of carbonyl (C=O) groups is 2. The van der Waals surface area contributed by atoms with E-state index in [1.54, 1.807) is 36.3 Å². The van der Waals surface area contributed by atoms with Gasteiger partial charge in [-0.25, -0.2) is 0 Å². The molecule has 2 aliphatic rings. The van der Waals surface area contributed by atoms with Gasteiger partial charge < -0.3 is 19.1 Å². The number of fused-ring (bicyclic) bond motifs is 1. The molecule has 0 aliphatic carbocycles. The molecule has 1 amide bonds. The van der Waals surface area contributed by atoms with Crippen LogP contribution in [0.25, 0.3) is 0 Å². The van der Waals surface area contributed by atoms with Crippen molar-refractivity contribution < 1.29 is 28.0 Å². The lowest BCUT2D eigenvalue weighted by molar-refractivity contribution is -0.141. The minimum Gasteiger partial charge on any atom is -0.497 e. The van der Waals surface area contributed by atoms with E-state index in [-0.39, 0.29) is 24.8 Å². The Hall–Kier alpha value is -2.71. The van der Waals surface area contributed by atoms with Crippen molar-refractivity contribution in [2.75, 3.05) is 20.8 Å². The van der Waals surface area contributed by atoms with Crippen LogP contribution in [0.5, 0.6) is 5.75 Å². The molecule has 8 heteroatoms. The van der Waals surface area contributed by atoms with Crippen molar-refractivity contribution in [2.45, 2.75) is 41.2 Å². The third kappa shape index (κ3) is 3.85. The van der Waals surface area contributed by atoms with E-state index in [0.29, 0.717) is 23.7 Å². The lowest BCUT2D eigenvalue weighted by atomic mass is 9.98. The summed E-state index contributed by atoms with van der Waals surface area (Å²) in [5.74, 6) is 0.0396. The summed E-state index contributed by atoms with van der Waals surface area (Å²) in [6.45, 7) is 0.356. The maximum absolute atomic E-state index is 13.8. The molecule has 164 valence electrons. The standard InChI is InChI=1S/C23H25NO6S/c1-28-18-10-8-16(9-11-18)21-24-17(15-30-21)14-23(22(24)26,13-12-20(25)29-2)31(27)19-6-4-3-5-7-19/h3-11,17,21H,12-15H2,1-2H3/t17-,21+,23+,31?/m0/s1. The van der Waals surface area contributed by atoms with Crippen LogP contribution in [0.2, 0.25) is 0 Å². The highest BCUT2D eigenvalue weighted by molar-refractivity contribution is 7.87. The molecular weight excluding hydrogens is 418 g/mol. The zero-order chi connectivity index (χ0) is 22.0. The normalized spacial score (nSPS) is 25.9. The fourth-order valence-corrected chi connectivity index (χ4v) is 6.10. The quantitative estimate of drug-likeness (QED) is 0.612. The number of carbonyl (C=O) groups excluding carboxylic acids is 2. The Labute approximate surface area is 183 Å². The number of rotatable bonds is 7. The van der Waals surface area contributed by atoms with Gasteiger partial charge in [-0.3, -0.25) is 13.8 Å². The first kappa shape index (κ1) is 21.5. The van der Waals surface area contributed by atoms with Crippen LogP contribution >= 0.6 is 0 Å². The van der Waals surface area contributed by atoms with Gasteiger partial charge >= 0.3 is 5.97 Å². The van der Waals surface area contributed by atoms with Crippen LogP contribution in [-0.2, 0) is 29.9 Å². The second-order valence-electron chi connectivity index (χ2n) is 7.68. The van der Waals surface area contributed by atoms with E-state index in [9.17, 15) is 13.8 Å². The number of hydrogen-bond acceptors (Lipinski definition) is 6.